The number of pyridine rings is 1. The first-order valence-electron chi connectivity index (χ1n) is 5.36. The number of hydrogen-bond donors (Lipinski definition) is 1. The Kier molecular flexibility index (Phi) is 3.50. The first kappa shape index (κ1) is 12.4. The minimum Gasteiger partial charge on any atom is -0.381 e. The quantitative estimate of drug-likeness (QED) is 0.847. The molecule has 0 saturated heterocycles. The summed E-state index contributed by atoms with van der Waals surface area (Å²) >= 11 is 0. The van der Waals surface area contributed by atoms with Gasteiger partial charge in [-0.15, -0.1) is 0 Å². The van der Waals surface area contributed by atoms with Crippen molar-refractivity contribution < 1.29 is 13.2 Å². The highest BCUT2D eigenvalue weighted by atomic mass is 19.2. The van der Waals surface area contributed by atoms with Gasteiger partial charge in [-0.25, -0.2) is 13.2 Å². The van der Waals surface area contributed by atoms with Gasteiger partial charge in [-0.3, -0.25) is 4.98 Å². The third-order valence-corrected chi connectivity index (χ3v) is 2.61. The van der Waals surface area contributed by atoms with Gasteiger partial charge in [-0.05, 0) is 24.1 Å². The molecule has 0 aliphatic heterocycles. The van der Waals surface area contributed by atoms with E-state index in [0.29, 0.717) is 6.54 Å². The van der Waals surface area contributed by atoms with Crippen LogP contribution in [0, 0.1) is 24.4 Å². The lowest BCUT2D eigenvalue weighted by molar-refractivity contribution is 0.447. The van der Waals surface area contributed by atoms with Crippen molar-refractivity contribution in [1.82, 2.24) is 4.98 Å². The van der Waals surface area contributed by atoms with E-state index in [1.807, 2.05) is 13.0 Å². The van der Waals surface area contributed by atoms with Crippen molar-refractivity contribution in [2.45, 2.75) is 13.5 Å². The zero-order chi connectivity index (χ0) is 13.1. The normalized spacial score (nSPS) is 10.4. The van der Waals surface area contributed by atoms with Crippen LogP contribution >= 0.6 is 0 Å². The lowest BCUT2D eigenvalue weighted by atomic mass is 10.1. The maximum absolute atomic E-state index is 13.0. The van der Waals surface area contributed by atoms with E-state index in [2.05, 4.69) is 10.3 Å². The third kappa shape index (κ3) is 2.61. The standard InChI is InChI=1S/C13H11F3N2/c1-8-2-3-17-6-9(8)7-18-10-4-11(14)13(16)12(15)5-10/h2-6,18H,7H2,1H3. The van der Waals surface area contributed by atoms with E-state index < -0.39 is 17.5 Å². The summed E-state index contributed by atoms with van der Waals surface area (Å²) in [5, 5.41) is 2.82. The molecule has 94 valence electrons. The minimum atomic E-state index is -1.46. The maximum Gasteiger partial charge on any atom is 0.194 e. The van der Waals surface area contributed by atoms with Gasteiger partial charge in [0, 0.05) is 36.8 Å². The van der Waals surface area contributed by atoms with Crippen LogP contribution in [0.4, 0.5) is 18.9 Å². The molecule has 5 heteroatoms. The molecule has 1 aromatic carbocycles. The molecule has 0 unspecified atom stereocenters. The first-order chi connectivity index (χ1) is 8.58. The summed E-state index contributed by atoms with van der Waals surface area (Å²) in [5.74, 6) is -3.88. The van der Waals surface area contributed by atoms with Gasteiger partial charge in [-0.2, -0.15) is 0 Å². The summed E-state index contributed by atoms with van der Waals surface area (Å²) in [5.41, 5.74) is 2.11. The van der Waals surface area contributed by atoms with Crippen LogP contribution in [-0.4, -0.2) is 4.98 Å². The fourth-order valence-corrected chi connectivity index (χ4v) is 1.54. The average Bonchev–Trinajstić information content (AvgIpc) is 2.35. The van der Waals surface area contributed by atoms with Gasteiger partial charge in [0.15, 0.2) is 17.5 Å². The molecule has 1 aromatic heterocycles. The molecule has 2 rings (SSSR count). The second-order valence-electron chi connectivity index (χ2n) is 3.91. The molecule has 0 spiro atoms. The Bertz CT molecular complexity index is 547. The number of halogens is 3. The molecule has 0 aliphatic rings. The van der Waals surface area contributed by atoms with E-state index in [1.54, 1.807) is 12.4 Å². The molecular formula is C13H11F3N2. The van der Waals surface area contributed by atoms with Gasteiger partial charge in [0.25, 0.3) is 0 Å². The third-order valence-electron chi connectivity index (χ3n) is 2.61. The van der Waals surface area contributed by atoms with E-state index >= 15 is 0 Å². The van der Waals surface area contributed by atoms with Crippen LogP contribution < -0.4 is 5.32 Å². The van der Waals surface area contributed by atoms with Crippen molar-refractivity contribution in [3.05, 3.63) is 59.2 Å². The van der Waals surface area contributed by atoms with Gasteiger partial charge >= 0.3 is 0 Å². The molecule has 0 saturated carbocycles. The fourth-order valence-electron chi connectivity index (χ4n) is 1.54. The zero-order valence-electron chi connectivity index (χ0n) is 9.67. The summed E-state index contributed by atoms with van der Waals surface area (Å²) in [6.45, 7) is 2.27. The van der Waals surface area contributed by atoms with Crippen LogP contribution in [0.1, 0.15) is 11.1 Å². The van der Waals surface area contributed by atoms with Crippen molar-refractivity contribution in [3.63, 3.8) is 0 Å². The lowest BCUT2D eigenvalue weighted by Crippen LogP contribution is -2.03. The molecule has 2 aromatic rings. The number of rotatable bonds is 3. The number of hydrogen-bond acceptors (Lipinski definition) is 2. The molecule has 0 radical (unpaired) electrons. The Morgan fingerprint density at radius 2 is 1.83 bits per heavy atom. The average molecular weight is 252 g/mol. The lowest BCUT2D eigenvalue weighted by Gasteiger charge is -2.09. The van der Waals surface area contributed by atoms with Crippen molar-refractivity contribution in [2.24, 2.45) is 0 Å². The SMILES string of the molecule is Cc1ccncc1CNc1cc(F)c(F)c(F)c1. The number of nitrogens with one attached hydrogen (secondary N) is 1. The van der Waals surface area contributed by atoms with Gasteiger partial charge in [-0.1, -0.05) is 0 Å². The summed E-state index contributed by atoms with van der Waals surface area (Å²) in [6.07, 6.45) is 3.33. The molecule has 0 amide bonds. The van der Waals surface area contributed by atoms with E-state index in [9.17, 15) is 13.2 Å². The molecule has 0 aliphatic carbocycles. The minimum absolute atomic E-state index is 0.189. The number of benzene rings is 1. The zero-order valence-corrected chi connectivity index (χ0v) is 9.67. The highest BCUT2D eigenvalue weighted by Gasteiger charge is 2.10. The summed E-state index contributed by atoms with van der Waals surface area (Å²) in [7, 11) is 0. The smallest absolute Gasteiger partial charge is 0.194 e. The molecule has 1 N–H and O–H groups in total. The molecule has 2 nitrogen and oxygen atoms in total. The number of anilines is 1. The number of nitrogens with zero attached hydrogens (tertiary/aromatic N) is 1. The number of aryl methyl sites for hydroxylation is 1. The first-order valence-corrected chi connectivity index (χ1v) is 5.36. The van der Waals surface area contributed by atoms with Crippen molar-refractivity contribution in [3.8, 4) is 0 Å². The van der Waals surface area contributed by atoms with Crippen molar-refractivity contribution >= 4 is 5.69 Å². The van der Waals surface area contributed by atoms with Crippen LogP contribution in [0.2, 0.25) is 0 Å². The molecule has 0 fully saturated rings. The molecule has 18 heavy (non-hydrogen) atoms. The van der Waals surface area contributed by atoms with Gasteiger partial charge in [0.05, 0.1) is 0 Å². The monoisotopic (exact) mass is 252 g/mol. The Hall–Kier alpha value is -2.04. The van der Waals surface area contributed by atoms with Crippen LogP contribution in [0.3, 0.4) is 0 Å². The molecule has 1 heterocycles. The molecular weight excluding hydrogens is 241 g/mol. The Labute approximate surface area is 102 Å². The summed E-state index contributed by atoms with van der Waals surface area (Å²) in [4.78, 5) is 3.96. The highest BCUT2D eigenvalue weighted by Crippen LogP contribution is 2.18. The van der Waals surface area contributed by atoms with Crippen molar-refractivity contribution in [2.75, 3.05) is 5.32 Å². The summed E-state index contributed by atoms with van der Waals surface area (Å²) in [6, 6.07) is 3.68. The van der Waals surface area contributed by atoms with E-state index in [0.717, 1.165) is 23.3 Å². The second kappa shape index (κ2) is 5.08. The molecule has 0 atom stereocenters. The van der Waals surface area contributed by atoms with Gasteiger partial charge in [0.2, 0.25) is 0 Å². The largest absolute Gasteiger partial charge is 0.381 e. The van der Waals surface area contributed by atoms with Crippen LogP contribution in [0.25, 0.3) is 0 Å². The van der Waals surface area contributed by atoms with Crippen LogP contribution in [-0.2, 0) is 6.54 Å². The topological polar surface area (TPSA) is 24.9 Å². The van der Waals surface area contributed by atoms with Gasteiger partial charge < -0.3 is 5.32 Å². The van der Waals surface area contributed by atoms with Crippen LogP contribution in [0.15, 0.2) is 30.6 Å². The summed E-state index contributed by atoms with van der Waals surface area (Å²) < 4.78 is 38.7. The Morgan fingerprint density at radius 3 is 2.44 bits per heavy atom. The van der Waals surface area contributed by atoms with Crippen LogP contribution in [0.5, 0.6) is 0 Å². The Morgan fingerprint density at radius 1 is 1.17 bits per heavy atom. The second-order valence-corrected chi connectivity index (χ2v) is 3.91. The van der Waals surface area contributed by atoms with Crippen molar-refractivity contribution in [1.29, 1.82) is 0 Å². The Balaban J connectivity index is 2.14. The van der Waals surface area contributed by atoms with E-state index in [4.69, 9.17) is 0 Å². The van der Waals surface area contributed by atoms with E-state index in [1.165, 1.54) is 0 Å². The molecule has 0 bridgehead atoms. The van der Waals surface area contributed by atoms with Gasteiger partial charge in [0.1, 0.15) is 0 Å². The maximum atomic E-state index is 13.0. The highest BCUT2D eigenvalue weighted by molar-refractivity contribution is 5.45. The fraction of sp³-hybridized carbons (Fsp3) is 0.154. The predicted molar refractivity (Wildman–Crippen MR) is 62.6 cm³/mol. The van der Waals surface area contributed by atoms with E-state index in [-0.39, 0.29) is 5.69 Å². The predicted octanol–water partition coefficient (Wildman–Crippen LogP) is 3.42. The number of aromatic nitrogens is 1.